The van der Waals surface area contributed by atoms with Crippen LogP contribution in [0.5, 0.6) is 0 Å². The number of hydrogen-bond donors (Lipinski definition) is 1. The van der Waals surface area contributed by atoms with Crippen LogP contribution in [0.15, 0.2) is 42.6 Å². The molecule has 0 radical (unpaired) electrons. The summed E-state index contributed by atoms with van der Waals surface area (Å²) in [6.45, 7) is 6.09. The van der Waals surface area contributed by atoms with Gasteiger partial charge in [-0.1, -0.05) is 0 Å². The van der Waals surface area contributed by atoms with Crippen molar-refractivity contribution >= 4 is 22.5 Å². The molecule has 2 N–H and O–H groups in total. The molecule has 0 bridgehead atoms. The van der Waals surface area contributed by atoms with Crippen molar-refractivity contribution in [2.24, 2.45) is 5.73 Å². The highest BCUT2D eigenvalue weighted by Gasteiger charge is 2.23. The van der Waals surface area contributed by atoms with Crippen LogP contribution in [0.2, 0.25) is 0 Å². The minimum atomic E-state index is -0.251. The number of amides is 1. The van der Waals surface area contributed by atoms with Gasteiger partial charge in [-0.3, -0.25) is 4.79 Å². The van der Waals surface area contributed by atoms with E-state index in [0.29, 0.717) is 18.7 Å². The van der Waals surface area contributed by atoms with Crippen molar-refractivity contribution in [3.05, 3.63) is 59.7 Å². The maximum Gasteiger partial charge on any atom is 0.254 e. The number of piperidine rings is 1. The number of fused-ring (bicyclic) bond motifs is 2. The Bertz CT molecular complexity index is 1300. The zero-order valence-electron chi connectivity index (χ0n) is 17.8. The van der Waals surface area contributed by atoms with Gasteiger partial charge in [0, 0.05) is 48.5 Å². The number of carbonyl (C=O) groups is 1. The van der Waals surface area contributed by atoms with Gasteiger partial charge in [0.05, 0.1) is 11.2 Å². The molecule has 0 saturated carbocycles. The number of carbonyl (C=O) groups excluding carboxylic acids is 1. The van der Waals surface area contributed by atoms with E-state index in [9.17, 15) is 9.18 Å². The average Bonchev–Trinajstić information content (AvgIpc) is 3.29. The normalized spacial score (nSPS) is 17.0. The van der Waals surface area contributed by atoms with Crippen LogP contribution in [0.1, 0.15) is 35.8 Å². The molecule has 6 nitrogen and oxygen atoms in total. The van der Waals surface area contributed by atoms with Crippen LogP contribution in [0.25, 0.3) is 27.9 Å². The molecule has 1 amide bonds. The second-order valence-electron chi connectivity index (χ2n) is 8.32. The van der Waals surface area contributed by atoms with Crippen molar-refractivity contribution in [2.45, 2.75) is 39.3 Å². The molecular weight excluding hydrogens is 393 g/mol. The average molecular weight is 420 g/mol. The summed E-state index contributed by atoms with van der Waals surface area (Å²) in [5.41, 5.74) is 11.0. The standard InChI is InChI=1S/C24H26FN5O/c1-3-29-20-13-18(25)7-6-16(20)11-21(29)23-15(2)30-10-8-17(12-22(30)27-23)24(31)28-9-4-5-19(26)14-28/h6-8,10-13,19H,3-5,9,14,26H2,1-2H3. The van der Waals surface area contributed by atoms with E-state index in [-0.39, 0.29) is 17.8 Å². The van der Waals surface area contributed by atoms with E-state index in [4.69, 9.17) is 10.7 Å². The molecular formula is C24H26FN5O. The van der Waals surface area contributed by atoms with Crippen molar-refractivity contribution in [3.8, 4) is 11.4 Å². The Morgan fingerprint density at radius 1 is 1.26 bits per heavy atom. The molecule has 0 spiro atoms. The van der Waals surface area contributed by atoms with E-state index in [0.717, 1.165) is 53.0 Å². The van der Waals surface area contributed by atoms with E-state index in [1.54, 1.807) is 12.1 Å². The highest BCUT2D eigenvalue weighted by molar-refractivity contribution is 5.95. The molecule has 160 valence electrons. The summed E-state index contributed by atoms with van der Waals surface area (Å²) in [6, 6.07) is 10.6. The summed E-state index contributed by atoms with van der Waals surface area (Å²) in [5, 5.41) is 0.979. The van der Waals surface area contributed by atoms with Gasteiger partial charge in [-0.25, -0.2) is 9.37 Å². The number of hydrogen-bond acceptors (Lipinski definition) is 3. The third-order valence-corrected chi connectivity index (χ3v) is 6.28. The second kappa shape index (κ2) is 7.50. The number of likely N-dealkylation sites (tertiary alicyclic amines) is 1. The number of aryl methyl sites for hydroxylation is 2. The second-order valence-corrected chi connectivity index (χ2v) is 8.32. The summed E-state index contributed by atoms with van der Waals surface area (Å²) in [6.07, 6.45) is 3.79. The van der Waals surface area contributed by atoms with Crippen molar-refractivity contribution < 1.29 is 9.18 Å². The predicted molar refractivity (Wildman–Crippen MR) is 120 cm³/mol. The Hall–Kier alpha value is -3.19. The first-order valence-electron chi connectivity index (χ1n) is 10.8. The Kier molecular flexibility index (Phi) is 4.78. The van der Waals surface area contributed by atoms with Crippen LogP contribution in [-0.4, -0.2) is 43.9 Å². The number of aromatic nitrogens is 3. The number of nitrogens with zero attached hydrogens (tertiary/aromatic N) is 4. The van der Waals surface area contributed by atoms with Crippen molar-refractivity contribution in [3.63, 3.8) is 0 Å². The number of nitrogens with two attached hydrogens (primary N) is 1. The van der Waals surface area contributed by atoms with E-state index in [1.807, 2.05) is 47.5 Å². The molecule has 1 atom stereocenters. The first-order chi connectivity index (χ1) is 15.0. The SMILES string of the molecule is CCn1c(-c2nc3cc(C(=O)N4CCCC(N)C4)ccn3c2C)cc2ccc(F)cc21. The maximum atomic E-state index is 13.8. The third-order valence-electron chi connectivity index (χ3n) is 6.28. The molecule has 1 unspecified atom stereocenters. The fourth-order valence-electron chi connectivity index (χ4n) is 4.68. The summed E-state index contributed by atoms with van der Waals surface area (Å²) >= 11 is 0. The van der Waals surface area contributed by atoms with Gasteiger partial charge < -0.3 is 19.6 Å². The van der Waals surface area contributed by atoms with Crippen molar-refractivity contribution in [1.29, 1.82) is 0 Å². The van der Waals surface area contributed by atoms with Crippen LogP contribution in [0, 0.1) is 12.7 Å². The number of halogens is 1. The van der Waals surface area contributed by atoms with Crippen molar-refractivity contribution in [1.82, 2.24) is 18.9 Å². The summed E-state index contributed by atoms with van der Waals surface area (Å²) < 4.78 is 17.9. The highest BCUT2D eigenvalue weighted by Crippen LogP contribution is 2.31. The van der Waals surface area contributed by atoms with Crippen LogP contribution >= 0.6 is 0 Å². The molecule has 1 fully saturated rings. The zero-order chi connectivity index (χ0) is 21.7. The zero-order valence-corrected chi connectivity index (χ0v) is 17.8. The molecule has 1 saturated heterocycles. The molecule has 4 heterocycles. The van der Waals surface area contributed by atoms with Crippen LogP contribution < -0.4 is 5.73 Å². The topological polar surface area (TPSA) is 68.6 Å². The minimum absolute atomic E-state index is 0.00185. The molecule has 3 aromatic heterocycles. The predicted octanol–water partition coefficient (Wildman–Crippen LogP) is 3.99. The summed E-state index contributed by atoms with van der Waals surface area (Å²) in [7, 11) is 0. The Balaban J connectivity index is 1.58. The molecule has 1 aliphatic heterocycles. The lowest BCUT2D eigenvalue weighted by molar-refractivity contribution is 0.0709. The summed E-state index contributed by atoms with van der Waals surface area (Å²) in [5.74, 6) is -0.253. The number of pyridine rings is 1. The number of benzene rings is 1. The lowest BCUT2D eigenvalue weighted by Crippen LogP contribution is -2.45. The molecule has 1 aromatic carbocycles. The largest absolute Gasteiger partial charge is 0.339 e. The van der Waals surface area contributed by atoms with Crippen LogP contribution in [0.4, 0.5) is 4.39 Å². The molecule has 1 aliphatic rings. The molecule has 4 aromatic rings. The van der Waals surface area contributed by atoms with Gasteiger partial charge in [0.15, 0.2) is 0 Å². The van der Waals surface area contributed by atoms with Crippen LogP contribution in [-0.2, 0) is 6.54 Å². The van der Waals surface area contributed by atoms with Gasteiger partial charge in [0.25, 0.3) is 5.91 Å². The van der Waals surface area contributed by atoms with Gasteiger partial charge in [-0.15, -0.1) is 0 Å². The Labute approximate surface area is 180 Å². The Morgan fingerprint density at radius 3 is 2.87 bits per heavy atom. The smallest absolute Gasteiger partial charge is 0.254 e. The summed E-state index contributed by atoms with van der Waals surface area (Å²) in [4.78, 5) is 19.7. The monoisotopic (exact) mass is 419 g/mol. The van der Waals surface area contributed by atoms with Gasteiger partial charge in [0.1, 0.15) is 17.2 Å². The number of imidazole rings is 1. The lowest BCUT2D eigenvalue weighted by Gasteiger charge is -2.30. The fourth-order valence-corrected chi connectivity index (χ4v) is 4.68. The van der Waals surface area contributed by atoms with E-state index in [2.05, 4.69) is 4.57 Å². The lowest BCUT2D eigenvalue weighted by atomic mass is 10.1. The quantitative estimate of drug-likeness (QED) is 0.546. The Morgan fingerprint density at radius 2 is 2.10 bits per heavy atom. The van der Waals surface area contributed by atoms with E-state index >= 15 is 0 Å². The van der Waals surface area contributed by atoms with E-state index < -0.39 is 0 Å². The van der Waals surface area contributed by atoms with Gasteiger partial charge >= 0.3 is 0 Å². The number of rotatable bonds is 3. The fraction of sp³-hybridized carbons (Fsp3) is 0.333. The highest BCUT2D eigenvalue weighted by atomic mass is 19.1. The molecule has 5 rings (SSSR count). The van der Waals surface area contributed by atoms with Gasteiger partial charge in [-0.2, -0.15) is 0 Å². The first-order valence-corrected chi connectivity index (χ1v) is 10.8. The molecule has 0 aliphatic carbocycles. The molecule has 31 heavy (non-hydrogen) atoms. The first kappa shape index (κ1) is 19.8. The van der Waals surface area contributed by atoms with E-state index in [1.165, 1.54) is 6.07 Å². The van der Waals surface area contributed by atoms with Gasteiger partial charge in [0.2, 0.25) is 0 Å². The maximum absolute atomic E-state index is 13.8. The van der Waals surface area contributed by atoms with Gasteiger partial charge in [-0.05, 0) is 63.1 Å². The minimum Gasteiger partial charge on any atom is -0.339 e. The molecule has 7 heteroatoms. The van der Waals surface area contributed by atoms with Crippen LogP contribution in [0.3, 0.4) is 0 Å². The third kappa shape index (κ3) is 3.29. The van der Waals surface area contributed by atoms with Crippen molar-refractivity contribution in [2.75, 3.05) is 13.1 Å².